The van der Waals surface area contributed by atoms with Crippen molar-refractivity contribution in [1.82, 2.24) is 15.3 Å². The number of amides is 1. The molecule has 0 saturated heterocycles. The van der Waals surface area contributed by atoms with Crippen LogP contribution in [0.15, 0.2) is 24.3 Å². The zero-order chi connectivity index (χ0) is 14.0. The Morgan fingerprint density at radius 1 is 1.42 bits per heavy atom. The Morgan fingerprint density at radius 3 is 2.63 bits per heavy atom. The van der Waals surface area contributed by atoms with Gasteiger partial charge in [-0.25, -0.2) is 14.6 Å². The van der Waals surface area contributed by atoms with E-state index in [-0.39, 0.29) is 16.5 Å². The molecule has 0 saturated carbocycles. The van der Waals surface area contributed by atoms with Crippen LogP contribution in [0, 0.1) is 12.7 Å². The smallest absolute Gasteiger partial charge is 0.277 e. The van der Waals surface area contributed by atoms with Crippen molar-refractivity contribution in [3.63, 3.8) is 0 Å². The normalized spacial score (nSPS) is 10.5. The number of rotatable bonds is 3. The SMILES string of the molecule is CONC(=O)c1c(C)nn(-c2ccc(F)cc2)c1Cl. The molecule has 2 rings (SSSR count). The number of carbonyl (C=O) groups is 1. The van der Waals surface area contributed by atoms with Gasteiger partial charge in [0.05, 0.1) is 18.5 Å². The molecule has 0 unspecified atom stereocenters. The van der Waals surface area contributed by atoms with Crippen molar-refractivity contribution < 1.29 is 14.0 Å². The minimum atomic E-state index is -0.488. The summed E-state index contributed by atoms with van der Waals surface area (Å²) in [6, 6.07) is 5.62. The molecule has 1 N–H and O–H groups in total. The second-order valence-corrected chi connectivity index (χ2v) is 4.13. The number of aryl methyl sites for hydroxylation is 1. The fourth-order valence-electron chi connectivity index (χ4n) is 1.65. The van der Waals surface area contributed by atoms with Crippen molar-refractivity contribution in [1.29, 1.82) is 0 Å². The van der Waals surface area contributed by atoms with E-state index >= 15 is 0 Å². The topological polar surface area (TPSA) is 56.1 Å². The van der Waals surface area contributed by atoms with Gasteiger partial charge in [0.1, 0.15) is 16.5 Å². The summed E-state index contributed by atoms with van der Waals surface area (Å²) in [5.41, 5.74) is 3.41. The van der Waals surface area contributed by atoms with Crippen LogP contribution in [-0.2, 0) is 4.84 Å². The molecule has 0 spiro atoms. The van der Waals surface area contributed by atoms with E-state index in [4.69, 9.17) is 11.6 Å². The van der Waals surface area contributed by atoms with E-state index in [9.17, 15) is 9.18 Å². The molecule has 100 valence electrons. The first-order valence-electron chi connectivity index (χ1n) is 5.39. The number of hydrogen-bond donors (Lipinski definition) is 1. The summed E-state index contributed by atoms with van der Waals surface area (Å²) in [6.07, 6.45) is 0. The van der Waals surface area contributed by atoms with Crippen molar-refractivity contribution in [3.8, 4) is 5.69 Å². The second kappa shape index (κ2) is 5.38. The molecule has 1 aromatic heterocycles. The Morgan fingerprint density at radius 2 is 2.05 bits per heavy atom. The van der Waals surface area contributed by atoms with Crippen LogP contribution in [0.3, 0.4) is 0 Å². The van der Waals surface area contributed by atoms with Gasteiger partial charge in [-0.05, 0) is 31.2 Å². The van der Waals surface area contributed by atoms with E-state index in [1.165, 1.54) is 36.1 Å². The lowest BCUT2D eigenvalue weighted by atomic mass is 10.2. The second-order valence-electron chi connectivity index (χ2n) is 3.77. The summed E-state index contributed by atoms with van der Waals surface area (Å²) in [5, 5.41) is 4.30. The Balaban J connectivity index is 2.46. The van der Waals surface area contributed by atoms with E-state index in [2.05, 4.69) is 15.4 Å². The van der Waals surface area contributed by atoms with Crippen LogP contribution in [-0.4, -0.2) is 22.8 Å². The highest BCUT2D eigenvalue weighted by Gasteiger charge is 2.20. The first-order valence-corrected chi connectivity index (χ1v) is 5.76. The van der Waals surface area contributed by atoms with Crippen LogP contribution in [0.4, 0.5) is 4.39 Å². The number of aromatic nitrogens is 2. The van der Waals surface area contributed by atoms with Gasteiger partial charge in [0.15, 0.2) is 0 Å². The summed E-state index contributed by atoms with van der Waals surface area (Å²) < 4.78 is 14.2. The molecular formula is C12H11ClFN3O2. The molecule has 5 nitrogen and oxygen atoms in total. The molecule has 0 atom stereocenters. The Hall–Kier alpha value is -1.92. The van der Waals surface area contributed by atoms with Crippen LogP contribution in [0.5, 0.6) is 0 Å². The van der Waals surface area contributed by atoms with Gasteiger partial charge in [-0.15, -0.1) is 0 Å². The quantitative estimate of drug-likeness (QED) is 0.879. The number of hydrogen-bond acceptors (Lipinski definition) is 3. The fraction of sp³-hybridized carbons (Fsp3) is 0.167. The largest absolute Gasteiger partial charge is 0.279 e. The third-order valence-corrected chi connectivity index (χ3v) is 2.85. The van der Waals surface area contributed by atoms with E-state index in [1.54, 1.807) is 6.92 Å². The third kappa shape index (κ3) is 2.59. The van der Waals surface area contributed by atoms with Gasteiger partial charge in [-0.3, -0.25) is 9.63 Å². The Labute approximate surface area is 113 Å². The van der Waals surface area contributed by atoms with Gasteiger partial charge in [-0.2, -0.15) is 5.10 Å². The zero-order valence-corrected chi connectivity index (χ0v) is 11.0. The lowest BCUT2D eigenvalue weighted by Gasteiger charge is -2.03. The van der Waals surface area contributed by atoms with Crippen molar-refractivity contribution in [3.05, 3.63) is 46.5 Å². The number of hydroxylamine groups is 1. The average Bonchev–Trinajstić information content (AvgIpc) is 2.66. The number of benzene rings is 1. The molecule has 19 heavy (non-hydrogen) atoms. The van der Waals surface area contributed by atoms with E-state index in [1.807, 2.05) is 0 Å². The number of nitrogens with one attached hydrogen (secondary N) is 1. The van der Waals surface area contributed by atoms with Gasteiger partial charge in [0, 0.05) is 0 Å². The highest BCUT2D eigenvalue weighted by atomic mass is 35.5. The fourth-order valence-corrected chi connectivity index (χ4v) is 2.01. The first-order chi connectivity index (χ1) is 9.04. The molecule has 2 aromatic rings. The molecule has 1 heterocycles. The molecule has 0 radical (unpaired) electrons. The van der Waals surface area contributed by atoms with Crippen LogP contribution in [0.25, 0.3) is 5.69 Å². The molecule has 1 aromatic carbocycles. The molecule has 0 aliphatic heterocycles. The highest BCUT2D eigenvalue weighted by molar-refractivity contribution is 6.33. The maximum absolute atomic E-state index is 12.9. The third-order valence-electron chi connectivity index (χ3n) is 2.50. The molecule has 0 bridgehead atoms. The standard InChI is InChI=1S/C12H11ClFN3O2/c1-7-10(12(18)16-19-2)11(13)17(15-7)9-5-3-8(14)4-6-9/h3-6H,1-2H3,(H,16,18). The monoisotopic (exact) mass is 283 g/mol. The van der Waals surface area contributed by atoms with Crippen molar-refractivity contribution in [2.75, 3.05) is 7.11 Å². The van der Waals surface area contributed by atoms with Gasteiger partial charge in [0.2, 0.25) is 0 Å². The molecule has 7 heteroatoms. The lowest BCUT2D eigenvalue weighted by molar-refractivity contribution is 0.0537. The minimum Gasteiger partial charge on any atom is -0.277 e. The zero-order valence-electron chi connectivity index (χ0n) is 10.3. The number of halogens is 2. The molecule has 0 aliphatic rings. The van der Waals surface area contributed by atoms with Gasteiger partial charge in [-0.1, -0.05) is 11.6 Å². The van der Waals surface area contributed by atoms with E-state index in [0.29, 0.717) is 11.4 Å². The molecular weight excluding hydrogens is 273 g/mol. The molecule has 0 aliphatic carbocycles. The van der Waals surface area contributed by atoms with E-state index in [0.717, 1.165) is 0 Å². The van der Waals surface area contributed by atoms with Gasteiger partial charge >= 0.3 is 0 Å². The predicted octanol–water partition coefficient (Wildman–Crippen LogP) is 2.26. The lowest BCUT2D eigenvalue weighted by Crippen LogP contribution is -2.22. The number of carbonyl (C=O) groups excluding carboxylic acids is 1. The van der Waals surface area contributed by atoms with Crippen molar-refractivity contribution >= 4 is 17.5 Å². The molecule has 0 fully saturated rings. The Bertz CT molecular complexity index is 610. The van der Waals surface area contributed by atoms with Crippen molar-refractivity contribution in [2.24, 2.45) is 0 Å². The van der Waals surface area contributed by atoms with Crippen LogP contribution in [0.2, 0.25) is 5.15 Å². The minimum absolute atomic E-state index is 0.138. The summed E-state index contributed by atoms with van der Waals surface area (Å²) in [5.74, 6) is -0.848. The first kappa shape index (κ1) is 13.5. The van der Waals surface area contributed by atoms with Crippen LogP contribution >= 0.6 is 11.6 Å². The Kier molecular flexibility index (Phi) is 3.82. The van der Waals surface area contributed by atoms with Crippen LogP contribution in [0.1, 0.15) is 16.1 Å². The summed E-state index contributed by atoms with van der Waals surface area (Å²) >= 11 is 6.12. The maximum Gasteiger partial charge on any atom is 0.279 e. The maximum atomic E-state index is 12.9. The highest BCUT2D eigenvalue weighted by Crippen LogP contribution is 2.23. The molecule has 1 amide bonds. The van der Waals surface area contributed by atoms with Gasteiger partial charge < -0.3 is 0 Å². The average molecular weight is 284 g/mol. The summed E-state index contributed by atoms with van der Waals surface area (Å²) in [4.78, 5) is 16.3. The van der Waals surface area contributed by atoms with Gasteiger partial charge in [0.25, 0.3) is 5.91 Å². The number of nitrogens with zero attached hydrogens (tertiary/aromatic N) is 2. The van der Waals surface area contributed by atoms with Crippen molar-refractivity contribution in [2.45, 2.75) is 6.92 Å². The van der Waals surface area contributed by atoms with Crippen LogP contribution < -0.4 is 5.48 Å². The predicted molar refractivity (Wildman–Crippen MR) is 67.7 cm³/mol. The summed E-state index contributed by atoms with van der Waals surface area (Å²) in [6.45, 7) is 1.65. The van der Waals surface area contributed by atoms with E-state index < -0.39 is 5.91 Å². The summed E-state index contributed by atoms with van der Waals surface area (Å²) in [7, 11) is 1.32.